The summed E-state index contributed by atoms with van der Waals surface area (Å²) in [4.78, 5) is 8.69. The Morgan fingerprint density at radius 2 is 1.95 bits per heavy atom. The van der Waals surface area contributed by atoms with Gasteiger partial charge in [-0.2, -0.15) is 0 Å². The lowest BCUT2D eigenvalue weighted by atomic mass is 10.0. The fraction of sp³-hybridized carbons (Fsp3) is 0.0667. The Morgan fingerprint density at radius 1 is 1.15 bits per heavy atom. The summed E-state index contributed by atoms with van der Waals surface area (Å²) in [5.74, 6) is 1.69. The van der Waals surface area contributed by atoms with Crippen LogP contribution in [0, 0.1) is 0 Å². The minimum atomic E-state index is 0.407. The molecule has 2 N–H and O–H groups in total. The van der Waals surface area contributed by atoms with Crippen LogP contribution < -0.4 is 10.5 Å². The topological polar surface area (TPSA) is 61.0 Å². The summed E-state index contributed by atoms with van der Waals surface area (Å²) in [6.45, 7) is 0. The Morgan fingerprint density at radius 3 is 2.70 bits per heavy atom. The number of halogens is 1. The molecular weight excluding hydrogens is 318 g/mol. The van der Waals surface area contributed by atoms with Crippen LogP contribution in [0.2, 0.25) is 0 Å². The van der Waals surface area contributed by atoms with Gasteiger partial charge in [-0.05, 0) is 32.8 Å². The average molecular weight is 330 g/mol. The molecule has 0 spiro atoms. The number of nitrogens with two attached hydrogens (primary N) is 1. The number of hydrogen-bond acceptors (Lipinski definition) is 4. The minimum Gasteiger partial charge on any atom is -0.496 e. The highest BCUT2D eigenvalue weighted by Gasteiger charge is 2.14. The third kappa shape index (κ3) is 2.10. The Bertz CT molecular complexity index is 789. The maximum Gasteiger partial charge on any atom is 0.165 e. The first-order valence-corrected chi connectivity index (χ1v) is 6.84. The van der Waals surface area contributed by atoms with Crippen molar-refractivity contribution in [3.8, 4) is 17.1 Å². The third-order valence-electron chi connectivity index (χ3n) is 3.11. The molecule has 0 aliphatic carbocycles. The van der Waals surface area contributed by atoms with Gasteiger partial charge in [0.2, 0.25) is 0 Å². The highest BCUT2D eigenvalue weighted by Crippen LogP contribution is 2.35. The van der Waals surface area contributed by atoms with Crippen molar-refractivity contribution >= 4 is 32.5 Å². The smallest absolute Gasteiger partial charge is 0.165 e. The quantitative estimate of drug-likeness (QED) is 0.779. The van der Waals surface area contributed by atoms with Gasteiger partial charge < -0.3 is 10.5 Å². The lowest BCUT2D eigenvalue weighted by Gasteiger charge is -2.11. The molecule has 100 valence electrons. The highest BCUT2D eigenvalue weighted by atomic mass is 79.9. The van der Waals surface area contributed by atoms with Gasteiger partial charge in [0, 0.05) is 6.20 Å². The highest BCUT2D eigenvalue weighted by molar-refractivity contribution is 9.10. The number of ether oxygens (including phenoxy) is 1. The van der Waals surface area contributed by atoms with Crippen molar-refractivity contribution in [2.75, 3.05) is 12.8 Å². The van der Waals surface area contributed by atoms with Crippen LogP contribution in [0.5, 0.6) is 5.75 Å². The van der Waals surface area contributed by atoms with E-state index in [1.54, 1.807) is 13.3 Å². The zero-order valence-corrected chi connectivity index (χ0v) is 12.4. The van der Waals surface area contributed by atoms with Gasteiger partial charge in [0.25, 0.3) is 0 Å². The lowest BCUT2D eigenvalue weighted by Crippen LogP contribution is -1.98. The van der Waals surface area contributed by atoms with Crippen molar-refractivity contribution in [2.45, 2.75) is 0 Å². The maximum atomic E-state index is 5.85. The van der Waals surface area contributed by atoms with Crippen molar-refractivity contribution in [1.29, 1.82) is 0 Å². The van der Waals surface area contributed by atoms with Crippen LogP contribution in [0.25, 0.3) is 22.2 Å². The van der Waals surface area contributed by atoms with Crippen LogP contribution in [0.15, 0.2) is 47.1 Å². The maximum absolute atomic E-state index is 5.85. The van der Waals surface area contributed by atoms with Crippen molar-refractivity contribution in [2.24, 2.45) is 0 Å². The summed E-state index contributed by atoms with van der Waals surface area (Å²) in [5.41, 5.74) is 6.71. The number of hydrogen-bond donors (Lipinski definition) is 1. The normalized spacial score (nSPS) is 10.7. The zero-order chi connectivity index (χ0) is 14.1. The van der Waals surface area contributed by atoms with Gasteiger partial charge in [-0.25, -0.2) is 9.97 Å². The molecule has 20 heavy (non-hydrogen) atoms. The lowest BCUT2D eigenvalue weighted by molar-refractivity contribution is 0.416. The number of aromatic nitrogens is 2. The van der Waals surface area contributed by atoms with E-state index < -0.39 is 0 Å². The van der Waals surface area contributed by atoms with Gasteiger partial charge in [-0.3, -0.25) is 0 Å². The van der Waals surface area contributed by atoms with Crippen LogP contribution in [-0.2, 0) is 0 Å². The van der Waals surface area contributed by atoms with Crippen molar-refractivity contribution < 1.29 is 4.74 Å². The number of nitrogen functional groups attached to an aromatic ring is 1. The summed E-state index contributed by atoms with van der Waals surface area (Å²) < 4.78 is 6.13. The molecule has 0 aliphatic heterocycles. The van der Waals surface area contributed by atoms with Crippen LogP contribution in [-0.4, -0.2) is 17.1 Å². The molecule has 0 unspecified atom stereocenters. The molecule has 0 atom stereocenters. The molecule has 5 heteroatoms. The predicted octanol–water partition coefficient (Wildman–Crippen LogP) is 3.65. The second-order valence-corrected chi connectivity index (χ2v) is 5.15. The van der Waals surface area contributed by atoms with Crippen LogP contribution in [0.4, 0.5) is 5.82 Å². The molecule has 0 saturated heterocycles. The standard InChI is InChI=1S/C15H12BrN3O/c1-20-12-7-6-9-4-2-3-5-10(9)13(12)15-18-8-11(16)14(17)19-15/h2-8H,1H3,(H2,17,18,19). The molecule has 0 radical (unpaired) electrons. The van der Waals surface area contributed by atoms with Crippen LogP contribution in [0.3, 0.4) is 0 Å². The van der Waals surface area contributed by atoms with E-state index in [2.05, 4.69) is 25.9 Å². The van der Waals surface area contributed by atoms with Gasteiger partial charge in [0.05, 0.1) is 17.1 Å². The Labute approximate surface area is 124 Å². The van der Waals surface area contributed by atoms with Gasteiger partial charge in [-0.1, -0.05) is 30.3 Å². The molecule has 0 fully saturated rings. The van der Waals surface area contributed by atoms with Gasteiger partial charge in [-0.15, -0.1) is 0 Å². The van der Waals surface area contributed by atoms with E-state index in [4.69, 9.17) is 10.5 Å². The Hall–Kier alpha value is -2.14. The van der Waals surface area contributed by atoms with E-state index in [1.807, 2.05) is 36.4 Å². The number of benzene rings is 2. The molecule has 0 amide bonds. The van der Waals surface area contributed by atoms with Crippen molar-refractivity contribution in [1.82, 2.24) is 9.97 Å². The summed E-state index contributed by atoms with van der Waals surface area (Å²) in [7, 11) is 1.63. The van der Waals surface area contributed by atoms with Gasteiger partial charge in [0.1, 0.15) is 11.6 Å². The van der Waals surface area contributed by atoms with Crippen LogP contribution >= 0.6 is 15.9 Å². The minimum absolute atomic E-state index is 0.407. The zero-order valence-electron chi connectivity index (χ0n) is 10.8. The Kier molecular flexibility index (Phi) is 3.28. The molecular formula is C15H12BrN3O. The molecule has 0 saturated carbocycles. The molecule has 3 aromatic rings. The van der Waals surface area contributed by atoms with E-state index in [0.717, 1.165) is 22.1 Å². The first-order chi connectivity index (χ1) is 9.70. The second-order valence-electron chi connectivity index (χ2n) is 4.29. The number of fused-ring (bicyclic) bond motifs is 1. The van der Waals surface area contributed by atoms with E-state index in [0.29, 0.717) is 16.1 Å². The number of rotatable bonds is 2. The Balaban J connectivity index is 2.35. The third-order valence-corrected chi connectivity index (χ3v) is 3.72. The summed E-state index contributed by atoms with van der Waals surface area (Å²) >= 11 is 3.31. The predicted molar refractivity (Wildman–Crippen MR) is 83.6 cm³/mol. The number of nitrogens with zero attached hydrogens (tertiary/aromatic N) is 2. The van der Waals surface area contributed by atoms with E-state index in [9.17, 15) is 0 Å². The van der Waals surface area contributed by atoms with Crippen molar-refractivity contribution in [3.05, 3.63) is 47.1 Å². The molecule has 1 heterocycles. The molecule has 1 aromatic heterocycles. The SMILES string of the molecule is COc1ccc2ccccc2c1-c1ncc(Br)c(N)n1. The van der Waals surface area contributed by atoms with Crippen molar-refractivity contribution in [3.63, 3.8) is 0 Å². The molecule has 0 aliphatic rings. The summed E-state index contributed by atoms with van der Waals surface area (Å²) in [6.07, 6.45) is 1.65. The first-order valence-electron chi connectivity index (χ1n) is 6.05. The second kappa shape index (κ2) is 5.09. The fourth-order valence-electron chi connectivity index (χ4n) is 2.15. The summed E-state index contributed by atoms with van der Waals surface area (Å²) in [6, 6.07) is 12.0. The van der Waals surface area contributed by atoms with E-state index in [-0.39, 0.29) is 0 Å². The number of methoxy groups -OCH3 is 1. The summed E-state index contributed by atoms with van der Waals surface area (Å²) in [5, 5.41) is 2.14. The average Bonchev–Trinajstić information content (AvgIpc) is 2.49. The fourth-order valence-corrected chi connectivity index (χ4v) is 2.34. The molecule has 3 rings (SSSR count). The molecule has 0 bridgehead atoms. The van der Waals surface area contributed by atoms with Crippen LogP contribution in [0.1, 0.15) is 0 Å². The van der Waals surface area contributed by atoms with Gasteiger partial charge >= 0.3 is 0 Å². The largest absolute Gasteiger partial charge is 0.496 e. The van der Waals surface area contributed by atoms with Gasteiger partial charge in [0.15, 0.2) is 5.82 Å². The van der Waals surface area contributed by atoms with E-state index in [1.165, 1.54) is 0 Å². The number of anilines is 1. The molecule has 4 nitrogen and oxygen atoms in total. The first kappa shape index (κ1) is 12.9. The molecule has 2 aromatic carbocycles. The van der Waals surface area contributed by atoms with E-state index >= 15 is 0 Å². The monoisotopic (exact) mass is 329 g/mol.